The molecule has 68 valence electrons. The molecule has 0 unspecified atom stereocenters. The summed E-state index contributed by atoms with van der Waals surface area (Å²) < 4.78 is 0. The number of nitrogens with zero attached hydrogens (tertiary/aromatic N) is 2. The van der Waals surface area contributed by atoms with Gasteiger partial charge in [-0.3, -0.25) is 9.69 Å². The Morgan fingerprint density at radius 2 is 2.31 bits per heavy atom. The molecular weight excluding hydrogens is 164 g/mol. The second-order valence-electron chi connectivity index (χ2n) is 3.34. The minimum atomic E-state index is 0.191. The second kappa shape index (κ2) is 3.17. The van der Waals surface area contributed by atoms with Gasteiger partial charge in [-0.25, -0.2) is 4.98 Å². The Morgan fingerprint density at radius 3 is 2.85 bits per heavy atom. The molecular formula is C10H12N2O. The summed E-state index contributed by atoms with van der Waals surface area (Å²) in [5.74, 6) is 0.976. The van der Waals surface area contributed by atoms with Crippen LogP contribution in [0.2, 0.25) is 0 Å². The third-order valence-electron chi connectivity index (χ3n) is 2.25. The summed E-state index contributed by atoms with van der Waals surface area (Å²) in [5.41, 5.74) is 1.12. The molecule has 0 bridgehead atoms. The van der Waals surface area contributed by atoms with Crippen LogP contribution in [0.4, 0.5) is 5.82 Å². The highest BCUT2D eigenvalue weighted by Crippen LogP contribution is 2.18. The van der Waals surface area contributed by atoms with Crippen molar-refractivity contribution >= 4 is 11.7 Å². The summed E-state index contributed by atoms with van der Waals surface area (Å²) in [7, 11) is 0. The highest BCUT2D eigenvalue weighted by molar-refractivity contribution is 5.94. The molecule has 1 aliphatic heterocycles. The molecule has 2 heterocycles. The molecule has 0 atom stereocenters. The number of pyridine rings is 1. The first kappa shape index (κ1) is 8.23. The number of aromatic nitrogens is 1. The SMILES string of the molecule is Cc1ccc(N2CCCC2=O)nc1. The number of aryl methyl sites for hydroxylation is 1. The fourth-order valence-electron chi connectivity index (χ4n) is 1.51. The molecule has 1 aromatic heterocycles. The van der Waals surface area contributed by atoms with Crippen molar-refractivity contribution < 1.29 is 4.79 Å². The number of carbonyl (C=O) groups is 1. The van der Waals surface area contributed by atoms with E-state index < -0.39 is 0 Å². The fourth-order valence-corrected chi connectivity index (χ4v) is 1.51. The van der Waals surface area contributed by atoms with Gasteiger partial charge in [-0.15, -0.1) is 0 Å². The van der Waals surface area contributed by atoms with Crippen molar-refractivity contribution in [1.82, 2.24) is 4.98 Å². The Hall–Kier alpha value is -1.38. The van der Waals surface area contributed by atoms with Crippen LogP contribution in [0.3, 0.4) is 0 Å². The maximum atomic E-state index is 11.3. The van der Waals surface area contributed by atoms with E-state index >= 15 is 0 Å². The lowest BCUT2D eigenvalue weighted by Gasteiger charge is -2.13. The van der Waals surface area contributed by atoms with E-state index in [1.807, 2.05) is 19.1 Å². The van der Waals surface area contributed by atoms with Crippen molar-refractivity contribution in [3.8, 4) is 0 Å². The molecule has 2 rings (SSSR count). The maximum absolute atomic E-state index is 11.3. The smallest absolute Gasteiger partial charge is 0.228 e. The molecule has 0 aliphatic carbocycles. The molecule has 1 fully saturated rings. The summed E-state index contributed by atoms with van der Waals surface area (Å²) in [6.45, 7) is 2.80. The summed E-state index contributed by atoms with van der Waals surface area (Å²) in [6, 6.07) is 3.88. The van der Waals surface area contributed by atoms with Gasteiger partial charge in [-0.1, -0.05) is 6.07 Å². The zero-order chi connectivity index (χ0) is 9.26. The average Bonchev–Trinajstić information content (AvgIpc) is 2.53. The van der Waals surface area contributed by atoms with E-state index in [4.69, 9.17) is 0 Å². The van der Waals surface area contributed by atoms with E-state index in [1.54, 1.807) is 11.1 Å². The van der Waals surface area contributed by atoms with Gasteiger partial charge in [0, 0.05) is 19.2 Å². The Labute approximate surface area is 77.4 Å². The zero-order valence-corrected chi connectivity index (χ0v) is 7.66. The minimum absolute atomic E-state index is 0.191. The zero-order valence-electron chi connectivity index (χ0n) is 7.66. The van der Waals surface area contributed by atoms with Gasteiger partial charge in [0.2, 0.25) is 5.91 Å². The Kier molecular flexibility index (Phi) is 2.00. The highest BCUT2D eigenvalue weighted by atomic mass is 16.2. The van der Waals surface area contributed by atoms with Crippen molar-refractivity contribution in [1.29, 1.82) is 0 Å². The van der Waals surface area contributed by atoms with Gasteiger partial charge >= 0.3 is 0 Å². The molecule has 1 saturated heterocycles. The predicted octanol–water partition coefficient (Wildman–Crippen LogP) is 1.52. The Bertz CT molecular complexity index is 318. The minimum Gasteiger partial charge on any atom is -0.297 e. The van der Waals surface area contributed by atoms with Gasteiger partial charge < -0.3 is 0 Å². The lowest BCUT2D eigenvalue weighted by molar-refractivity contribution is -0.117. The molecule has 13 heavy (non-hydrogen) atoms. The summed E-state index contributed by atoms with van der Waals surface area (Å²) in [4.78, 5) is 17.3. The van der Waals surface area contributed by atoms with Crippen LogP contribution in [-0.2, 0) is 4.79 Å². The predicted molar refractivity (Wildman–Crippen MR) is 50.6 cm³/mol. The van der Waals surface area contributed by atoms with Crippen LogP contribution in [0.1, 0.15) is 18.4 Å². The molecule has 0 radical (unpaired) electrons. The van der Waals surface area contributed by atoms with Crippen molar-refractivity contribution in [3.05, 3.63) is 23.9 Å². The highest BCUT2D eigenvalue weighted by Gasteiger charge is 2.22. The van der Waals surface area contributed by atoms with Crippen LogP contribution < -0.4 is 4.90 Å². The number of anilines is 1. The molecule has 0 aromatic carbocycles. The normalized spacial score (nSPS) is 16.7. The third-order valence-corrected chi connectivity index (χ3v) is 2.25. The van der Waals surface area contributed by atoms with Gasteiger partial charge in [-0.05, 0) is 25.0 Å². The summed E-state index contributed by atoms with van der Waals surface area (Å²) >= 11 is 0. The van der Waals surface area contributed by atoms with Gasteiger partial charge in [-0.2, -0.15) is 0 Å². The summed E-state index contributed by atoms with van der Waals surface area (Å²) in [5, 5.41) is 0. The van der Waals surface area contributed by atoms with Crippen LogP contribution in [0.5, 0.6) is 0 Å². The first-order valence-electron chi connectivity index (χ1n) is 4.50. The van der Waals surface area contributed by atoms with E-state index in [1.165, 1.54) is 0 Å². The molecule has 0 saturated carbocycles. The second-order valence-corrected chi connectivity index (χ2v) is 3.34. The first-order valence-corrected chi connectivity index (χ1v) is 4.50. The van der Waals surface area contributed by atoms with Crippen LogP contribution in [0.25, 0.3) is 0 Å². The van der Waals surface area contributed by atoms with E-state index in [-0.39, 0.29) is 5.91 Å². The van der Waals surface area contributed by atoms with E-state index in [2.05, 4.69) is 4.98 Å². The van der Waals surface area contributed by atoms with Crippen LogP contribution in [0.15, 0.2) is 18.3 Å². The molecule has 0 N–H and O–H groups in total. The molecule has 0 spiro atoms. The molecule has 3 heteroatoms. The standard InChI is InChI=1S/C10H12N2O/c1-8-4-5-9(11-7-8)12-6-2-3-10(12)13/h4-5,7H,2-3,6H2,1H3. The average molecular weight is 176 g/mol. The van der Waals surface area contributed by atoms with Crippen molar-refractivity contribution in [2.45, 2.75) is 19.8 Å². The van der Waals surface area contributed by atoms with Crippen molar-refractivity contribution in [2.75, 3.05) is 11.4 Å². The van der Waals surface area contributed by atoms with Gasteiger partial charge in [0.05, 0.1) is 0 Å². The van der Waals surface area contributed by atoms with Crippen molar-refractivity contribution in [3.63, 3.8) is 0 Å². The Morgan fingerprint density at radius 1 is 1.46 bits per heavy atom. The van der Waals surface area contributed by atoms with Crippen LogP contribution in [0, 0.1) is 6.92 Å². The Balaban J connectivity index is 2.25. The molecule has 1 amide bonds. The van der Waals surface area contributed by atoms with Crippen molar-refractivity contribution in [2.24, 2.45) is 0 Å². The fraction of sp³-hybridized carbons (Fsp3) is 0.400. The molecule has 1 aromatic rings. The van der Waals surface area contributed by atoms with E-state index in [9.17, 15) is 4.79 Å². The summed E-state index contributed by atoms with van der Waals surface area (Å²) in [6.07, 6.45) is 3.41. The van der Waals surface area contributed by atoms with Crippen LogP contribution in [-0.4, -0.2) is 17.4 Å². The lowest BCUT2D eigenvalue weighted by atomic mass is 10.3. The lowest BCUT2D eigenvalue weighted by Crippen LogP contribution is -2.24. The first-order chi connectivity index (χ1) is 6.27. The van der Waals surface area contributed by atoms with E-state index in [0.717, 1.165) is 24.3 Å². The van der Waals surface area contributed by atoms with Gasteiger partial charge in [0.15, 0.2) is 0 Å². The van der Waals surface area contributed by atoms with Gasteiger partial charge in [0.1, 0.15) is 5.82 Å². The van der Waals surface area contributed by atoms with Gasteiger partial charge in [0.25, 0.3) is 0 Å². The van der Waals surface area contributed by atoms with E-state index in [0.29, 0.717) is 6.42 Å². The van der Waals surface area contributed by atoms with Crippen LogP contribution >= 0.6 is 0 Å². The number of carbonyl (C=O) groups excluding carboxylic acids is 1. The molecule has 1 aliphatic rings. The third kappa shape index (κ3) is 1.54. The number of hydrogen-bond acceptors (Lipinski definition) is 2. The quantitative estimate of drug-likeness (QED) is 0.650. The maximum Gasteiger partial charge on any atom is 0.228 e. The monoisotopic (exact) mass is 176 g/mol. The number of hydrogen-bond donors (Lipinski definition) is 0. The topological polar surface area (TPSA) is 33.2 Å². The number of rotatable bonds is 1. The largest absolute Gasteiger partial charge is 0.297 e. The number of amides is 1. The molecule has 3 nitrogen and oxygen atoms in total.